The molecule has 0 unspecified atom stereocenters. The van der Waals surface area contributed by atoms with Gasteiger partial charge in [-0.25, -0.2) is 4.98 Å². The van der Waals surface area contributed by atoms with Crippen molar-refractivity contribution < 1.29 is 0 Å². The Hall–Kier alpha value is -1.29. The van der Waals surface area contributed by atoms with Crippen LogP contribution < -0.4 is 5.73 Å². The van der Waals surface area contributed by atoms with Crippen LogP contribution in [0.25, 0.3) is 5.78 Å². The SMILES string of the molecule is Cc1cnc2[nH]c(C(C)(C)N)c(C)n12. The van der Waals surface area contributed by atoms with Crippen LogP contribution in [0.1, 0.15) is 30.9 Å². The zero-order valence-corrected chi connectivity index (χ0v) is 9.05. The molecule has 0 aliphatic heterocycles. The minimum absolute atomic E-state index is 0.350. The van der Waals surface area contributed by atoms with Crippen molar-refractivity contribution >= 4 is 5.78 Å². The molecule has 0 spiro atoms. The van der Waals surface area contributed by atoms with Crippen LogP contribution in [0.5, 0.6) is 0 Å². The lowest BCUT2D eigenvalue weighted by molar-refractivity contribution is 0.534. The first-order valence-corrected chi connectivity index (χ1v) is 4.73. The Bertz CT molecular complexity index is 470. The topological polar surface area (TPSA) is 59.1 Å². The molecule has 0 bridgehead atoms. The normalized spacial score (nSPS) is 12.6. The van der Waals surface area contributed by atoms with E-state index in [1.165, 1.54) is 0 Å². The number of fused-ring (bicyclic) bond motifs is 1. The molecule has 0 aliphatic carbocycles. The Morgan fingerprint density at radius 1 is 1.43 bits per heavy atom. The summed E-state index contributed by atoms with van der Waals surface area (Å²) in [4.78, 5) is 7.52. The third-order valence-electron chi connectivity index (χ3n) is 2.52. The molecule has 3 N–H and O–H groups in total. The molecule has 0 radical (unpaired) electrons. The number of H-pyrrole nitrogens is 1. The molecule has 0 amide bonds. The van der Waals surface area contributed by atoms with Crippen molar-refractivity contribution in [3.8, 4) is 0 Å². The van der Waals surface area contributed by atoms with Gasteiger partial charge < -0.3 is 10.7 Å². The Kier molecular flexibility index (Phi) is 1.72. The zero-order chi connectivity index (χ0) is 10.5. The van der Waals surface area contributed by atoms with Crippen molar-refractivity contribution in [2.24, 2.45) is 5.73 Å². The van der Waals surface area contributed by atoms with Gasteiger partial charge in [0.15, 0.2) is 0 Å². The third-order valence-corrected chi connectivity index (χ3v) is 2.52. The quantitative estimate of drug-likeness (QED) is 0.718. The first-order chi connectivity index (χ1) is 6.41. The largest absolute Gasteiger partial charge is 0.326 e. The standard InChI is InChI=1S/C10H16N4/c1-6-5-12-9-13-8(10(3,4)11)7(2)14(6)9/h5H,11H2,1-4H3,(H,12,13). The molecule has 0 saturated heterocycles. The average Bonchev–Trinajstić information content (AvgIpc) is 2.53. The van der Waals surface area contributed by atoms with Gasteiger partial charge >= 0.3 is 0 Å². The van der Waals surface area contributed by atoms with Gasteiger partial charge in [-0.15, -0.1) is 0 Å². The van der Waals surface area contributed by atoms with Crippen molar-refractivity contribution in [2.45, 2.75) is 33.2 Å². The fourth-order valence-corrected chi connectivity index (χ4v) is 1.89. The van der Waals surface area contributed by atoms with Gasteiger partial charge in [0.1, 0.15) is 0 Å². The van der Waals surface area contributed by atoms with Gasteiger partial charge in [-0.1, -0.05) is 0 Å². The van der Waals surface area contributed by atoms with Crippen molar-refractivity contribution in [2.75, 3.05) is 0 Å². The van der Waals surface area contributed by atoms with E-state index in [1.54, 1.807) is 0 Å². The smallest absolute Gasteiger partial charge is 0.211 e. The van der Waals surface area contributed by atoms with E-state index in [0.29, 0.717) is 0 Å². The van der Waals surface area contributed by atoms with Gasteiger partial charge in [-0.2, -0.15) is 0 Å². The Morgan fingerprint density at radius 2 is 2.07 bits per heavy atom. The van der Waals surface area contributed by atoms with Crippen LogP contribution in [0.4, 0.5) is 0 Å². The van der Waals surface area contributed by atoms with Gasteiger partial charge in [-0.3, -0.25) is 4.40 Å². The summed E-state index contributed by atoms with van der Waals surface area (Å²) in [6, 6.07) is 0. The molecule has 0 aliphatic rings. The molecule has 2 aromatic rings. The number of nitrogens with zero attached hydrogens (tertiary/aromatic N) is 2. The van der Waals surface area contributed by atoms with Crippen LogP contribution in [0, 0.1) is 13.8 Å². The number of aromatic nitrogens is 3. The van der Waals surface area contributed by atoms with Gasteiger partial charge in [0, 0.05) is 11.4 Å². The van der Waals surface area contributed by atoms with Crippen LogP contribution in [0.3, 0.4) is 0 Å². The first kappa shape index (κ1) is 9.27. The zero-order valence-electron chi connectivity index (χ0n) is 9.05. The number of nitrogens with two attached hydrogens (primary N) is 1. The number of hydrogen-bond donors (Lipinski definition) is 2. The molecule has 0 fully saturated rings. The van der Waals surface area contributed by atoms with E-state index in [4.69, 9.17) is 5.73 Å². The second-order valence-corrected chi connectivity index (χ2v) is 4.37. The van der Waals surface area contributed by atoms with Gasteiger partial charge in [0.25, 0.3) is 0 Å². The average molecular weight is 192 g/mol. The third kappa shape index (κ3) is 1.14. The molecule has 0 saturated carbocycles. The van der Waals surface area contributed by atoms with E-state index in [1.807, 2.05) is 27.0 Å². The van der Waals surface area contributed by atoms with E-state index in [2.05, 4.69) is 21.3 Å². The Labute approximate surface area is 83.1 Å². The number of imidazole rings is 2. The summed E-state index contributed by atoms with van der Waals surface area (Å²) in [5, 5.41) is 0. The summed E-state index contributed by atoms with van der Waals surface area (Å²) in [5.74, 6) is 0.869. The van der Waals surface area contributed by atoms with Gasteiger partial charge in [0.05, 0.1) is 17.4 Å². The maximum atomic E-state index is 6.06. The van der Waals surface area contributed by atoms with Crippen LogP contribution in [-0.4, -0.2) is 14.4 Å². The maximum Gasteiger partial charge on any atom is 0.211 e. The second kappa shape index (κ2) is 2.60. The van der Waals surface area contributed by atoms with Gasteiger partial charge in [-0.05, 0) is 27.7 Å². The Morgan fingerprint density at radius 3 is 2.57 bits per heavy atom. The van der Waals surface area contributed by atoms with Crippen molar-refractivity contribution in [3.05, 3.63) is 23.3 Å². The molecule has 76 valence electrons. The first-order valence-electron chi connectivity index (χ1n) is 4.73. The molecule has 0 aromatic carbocycles. The highest BCUT2D eigenvalue weighted by molar-refractivity contribution is 5.40. The molecule has 14 heavy (non-hydrogen) atoms. The van der Waals surface area contributed by atoms with E-state index in [9.17, 15) is 0 Å². The molecular weight excluding hydrogens is 176 g/mol. The van der Waals surface area contributed by atoms with E-state index < -0.39 is 0 Å². The second-order valence-electron chi connectivity index (χ2n) is 4.37. The number of rotatable bonds is 1. The molecule has 4 heteroatoms. The number of hydrogen-bond acceptors (Lipinski definition) is 2. The number of aromatic amines is 1. The summed E-state index contributed by atoms with van der Waals surface area (Å²) in [7, 11) is 0. The lowest BCUT2D eigenvalue weighted by atomic mass is 10.0. The molecule has 2 aromatic heterocycles. The van der Waals surface area contributed by atoms with Crippen LogP contribution in [0.2, 0.25) is 0 Å². The highest BCUT2D eigenvalue weighted by atomic mass is 15.1. The number of aryl methyl sites for hydroxylation is 2. The molecule has 2 heterocycles. The maximum absolute atomic E-state index is 6.06. The fourth-order valence-electron chi connectivity index (χ4n) is 1.89. The van der Waals surface area contributed by atoms with Crippen molar-refractivity contribution in [1.29, 1.82) is 0 Å². The van der Waals surface area contributed by atoms with E-state index >= 15 is 0 Å². The summed E-state index contributed by atoms with van der Waals surface area (Å²) in [5.41, 5.74) is 9.02. The summed E-state index contributed by atoms with van der Waals surface area (Å²) < 4.78 is 2.09. The van der Waals surface area contributed by atoms with E-state index in [0.717, 1.165) is 22.9 Å². The lowest BCUT2D eigenvalue weighted by Crippen LogP contribution is -2.30. The van der Waals surface area contributed by atoms with Crippen molar-refractivity contribution in [3.63, 3.8) is 0 Å². The molecule has 2 rings (SSSR count). The highest BCUT2D eigenvalue weighted by Gasteiger charge is 2.21. The van der Waals surface area contributed by atoms with Crippen LogP contribution in [0.15, 0.2) is 6.20 Å². The van der Waals surface area contributed by atoms with Crippen LogP contribution >= 0.6 is 0 Å². The van der Waals surface area contributed by atoms with Crippen molar-refractivity contribution in [1.82, 2.24) is 14.4 Å². The predicted octanol–water partition coefficient (Wildman–Crippen LogP) is 1.47. The number of nitrogens with one attached hydrogen (secondary N) is 1. The highest BCUT2D eigenvalue weighted by Crippen LogP contribution is 2.22. The summed E-state index contributed by atoms with van der Waals surface area (Å²) >= 11 is 0. The Balaban J connectivity index is 2.76. The molecular formula is C10H16N4. The predicted molar refractivity (Wildman–Crippen MR) is 56.2 cm³/mol. The molecule has 0 atom stereocenters. The lowest BCUT2D eigenvalue weighted by Gasteiger charge is -2.17. The fraction of sp³-hybridized carbons (Fsp3) is 0.500. The monoisotopic (exact) mass is 192 g/mol. The minimum Gasteiger partial charge on any atom is -0.326 e. The minimum atomic E-state index is -0.350. The summed E-state index contributed by atoms with van der Waals surface area (Å²) in [6.07, 6.45) is 1.85. The van der Waals surface area contributed by atoms with Crippen LogP contribution in [-0.2, 0) is 5.54 Å². The van der Waals surface area contributed by atoms with E-state index in [-0.39, 0.29) is 5.54 Å². The summed E-state index contributed by atoms with van der Waals surface area (Å²) in [6.45, 7) is 8.07. The van der Waals surface area contributed by atoms with Gasteiger partial charge in [0.2, 0.25) is 5.78 Å². The molecule has 4 nitrogen and oxygen atoms in total.